The van der Waals surface area contributed by atoms with Gasteiger partial charge in [-0.3, -0.25) is 14.7 Å². The molecule has 0 fully saturated rings. The minimum atomic E-state index is -5.02. The molecule has 1 aliphatic rings. The fraction of sp³-hybridized carbons (Fsp3) is 0.300. The molecule has 0 aromatic heterocycles. The van der Waals surface area contributed by atoms with Crippen molar-refractivity contribution in [1.29, 1.82) is 0 Å². The molecule has 3 nitrogen and oxygen atoms in total. The maximum Gasteiger partial charge on any atom is 0.416 e. The summed E-state index contributed by atoms with van der Waals surface area (Å²) in [7, 11) is 0. The van der Waals surface area contributed by atoms with Crippen LogP contribution < -0.4 is 0 Å². The van der Waals surface area contributed by atoms with Crippen LogP contribution in [0.4, 0.5) is 26.3 Å². The molecule has 0 spiro atoms. The molecule has 160 valence electrons. The molecule has 0 unspecified atom stereocenters. The van der Waals surface area contributed by atoms with Gasteiger partial charge >= 0.3 is 12.4 Å². The Bertz CT molecular complexity index is 952. The van der Waals surface area contributed by atoms with E-state index < -0.39 is 35.0 Å². The number of carbonyl (C=O) groups is 1. The highest BCUT2D eigenvalue weighted by Gasteiger charge is 2.38. The molecule has 30 heavy (non-hydrogen) atoms. The number of hydrogen-bond donors (Lipinski definition) is 0. The van der Waals surface area contributed by atoms with Crippen LogP contribution in [0.3, 0.4) is 0 Å². The summed E-state index contributed by atoms with van der Waals surface area (Å²) in [6.07, 6.45) is -10.0. The number of thioether (sulfide) groups is 1. The van der Waals surface area contributed by atoms with Crippen LogP contribution in [0.2, 0.25) is 0 Å². The molecule has 0 radical (unpaired) electrons. The van der Waals surface area contributed by atoms with E-state index >= 15 is 0 Å². The minimum absolute atomic E-state index is 0.00223. The van der Waals surface area contributed by atoms with Crippen molar-refractivity contribution in [1.82, 2.24) is 4.90 Å². The van der Waals surface area contributed by atoms with E-state index in [2.05, 4.69) is 4.99 Å². The van der Waals surface area contributed by atoms with Gasteiger partial charge in [-0.1, -0.05) is 41.6 Å². The second-order valence-corrected chi connectivity index (χ2v) is 7.64. The van der Waals surface area contributed by atoms with E-state index in [0.717, 1.165) is 16.0 Å². The Hall–Kier alpha value is -2.49. The summed E-state index contributed by atoms with van der Waals surface area (Å²) in [5.74, 6) is -0.486. The number of halogens is 6. The van der Waals surface area contributed by atoms with Crippen molar-refractivity contribution < 1.29 is 31.1 Å². The van der Waals surface area contributed by atoms with E-state index in [4.69, 9.17) is 0 Å². The Labute approximate surface area is 172 Å². The highest BCUT2D eigenvalue weighted by atomic mass is 32.2. The van der Waals surface area contributed by atoms with Gasteiger partial charge in [0.25, 0.3) is 5.91 Å². The first-order valence-electron chi connectivity index (χ1n) is 8.79. The Kier molecular flexibility index (Phi) is 6.16. The number of rotatable bonds is 3. The van der Waals surface area contributed by atoms with Gasteiger partial charge in [-0.15, -0.1) is 0 Å². The van der Waals surface area contributed by atoms with Gasteiger partial charge in [0.15, 0.2) is 5.17 Å². The predicted molar refractivity (Wildman–Crippen MR) is 102 cm³/mol. The summed E-state index contributed by atoms with van der Waals surface area (Å²) < 4.78 is 78.4. The van der Waals surface area contributed by atoms with E-state index in [1.54, 1.807) is 0 Å². The quantitative estimate of drug-likeness (QED) is 0.560. The molecule has 10 heteroatoms. The number of carbonyl (C=O) groups excluding carboxylic acids is 1. The van der Waals surface area contributed by atoms with Crippen LogP contribution >= 0.6 is 11.8 Å². The lowest BCUT2D eigenvalue weighted by molar-refractivity contribution is -0.143. The Balaban J connectivity index is 1.85. The third kappa shape index (κ3) is 5.16. The lowest BCUT2D eigenvalue weighted by atomic mass is 10.0. The molecule has 2 aromatic carbocycles. The fourth-order valence-corrected chi connectivity index (χ4v) is 3.91. The Morgan fingerprint density at radius 3 is 2.23 bits per heavy atom. The smallest absolute Gasteiger partial charge is 0.286 e. The number of nitrogens with zero attached hydrogens (tertiary/aromatic N) is 2. The lowest BCUT2D eigenvalue weighted by Gasteiger charge is -2.20. The summed E-state index contributed by atoms with van der Waals surface area (Å²) in [5, 5.41) is 0.271. The van der Waals surface area contributed by atoms with Crippen LogP contribution in [-0.2, 0) is 18.1 Å². The molecule has 2 aromatic rings. The van der Waals surface area contributed by atoms with Gasteiger partial charge in [0.1, 0.15) is 0 Å². The topological polar surface area (TPSA) is 32.7 Å². The molecule has 3 rings (SSSR count). The van der Waals surface area contributed by atoms with E-state index in [-0.39, 0.29) is 24.3 Å². The van der Waals surface area contributed by atoms with Gasteiger partial charge in [0, 0.05) is 17.9 Å². The normalized spacial score (nSPS) is 14.8. The van der Waals surface area contributed by atoms with Crippen molar-refractivity contribution in [2.45, 2.75) is 25.0 Å². The number of hydrogen-bond acceptors (Lipinski definition) is 3. The first-order chi connectivity index (χ1) is 13.9. The zero-order chi connectivity index (χ0) is 22.1. The maximum absolute atomic E-state index is 13.1. The lowest BCUT2D eigenvalue weighted by Crippen LogP contribution is -2.33. The molecule has 0 saturated heterocycles. The number of amides is 1. The van der Waals surface area contributed by atoms with Crippen molar-refractivity contribution in [3.05, 3.63) is 70.3 Å². The van der Waals surface area contributed by atoms with Crippen LogP contribution in [0.15, 0.2) is 47.5 Å². The summed E-state index contributed by atoms with van der Waals surface area (Å²) >= 11 is 1.21. The second kappa shape index (κ2) is 8.33. The minimum Gasteiger partial charge on any atom is -0.286 e. The van der Waals surface area contributed by atoms with Crippen molar-refractivity contribution in [2.24, 2.45) is 4.99 Å². The highest BCUT2D eigenvalue weighted by molar-refractivity contribution is 8.13. The van der Waals surface area contributed by atoms with E-state index in [0.29, 0.717) is 17.9 Å². The molecule has 0 atom stereocenters. The third-order valence-corrected chi connectivity index (χ3v) is 5.42. The van der Waals surface area contributed by atoms with Gasteiger partial charge in [0.2, 0.25) is 0 Å². The monoisotopic (exact) mass is 446 g/mol. The SMILES string of the molecule is Cc1cccc(CSC2=NCCN2C(=O)c2cc(C(F)(F)F)cc(C(F)(F)F)c2)c1. The summed E-state index contributed by atoms with van der Waals surface area (Å²) in [4.78, 5) is 18.1. The van der Waals surface area contributed by atoms with Crippen molar-refractivity contribution in [2.75, 3.05) is 13.1 Å². The van der Waals surface area contributed by atoms with Crippen LogP contribution in [0.25, 0.3) is 0 Å². The van der Waals surface area contributed by atoms with Gasteiger partial charge in [-0.05, 0) is 30.7 Å². The van der Waals surface area contributed by atoms with Crippen LogP contribution in [0, 0.1) is 6.92 Å². The Morgan fingerprint density at radius 2 is 1.67 bits per heavy atom. The molecular weight excluding hydrogens is 430 g/mol. The molecule has 1 aliphatic heterocycles. The van der Waals surface area contributed by atoms with Crippen molar-refractivity contribution >= 4 is 22.8 Å². The molecule has 0 N–H and O–H groups in total. The molecule has 1 amide bonds. The van der Waals surface area contributed by atoms with Gasteiger partial charge in [0.05, 0.1) is 17.7 Å². The zero-order valence-corrected chi connectivity index (χ0v) is 16.5. The number of aryl methyl sites for hydroxylation is 1. The van der Waals surface area contributed by atoms with Gasteiger partial charge in [-0.25, -0.2) is 0 Å². The third-order valence-electron chi connectivity index (χ3n) is 4.33. The first kappa shape index (κ1) is 22.2. The molecule has 0 saturated carbocycles. The summed E-state index contributed by atoms with van der Waals surface area (Å²) in [6.45, 7) is 2.24. The van der Waals surface area contributed by atoms with E-state index in [1.807, 2.05) is 31.2 Å². The molecular formula is C20H16F6N2OS. The number of alkyl halides is 6. The van der Waals surface area contributed by atoms with Gasteiger partial charge in [-0.2, -0.15) is 26.3 Å². The van der Waals surface area contributed by atoms with Crippen LogP contribution in [-0.4, -0.2) is 29.1 Å². The molecule has 1 heterocycles. The fourth-order valence-electron chi connectivity index (χ4n) is 2.92. The number of aliphatic imine (C=N–C) groups is 1. The average molecular weight is 446 g/mol. The average Bonchev–Trinajstić information content (AvgIpc) is 3.12. The standard InChI is InChI=1S/C20H16F6N2OS/c1-12-3-2-4-13(7-12)11-30-18-27-5-6-28(18)17(29)14-8-15(19(21,22)23)10-16(9-14)20(24,25)26/h2-4,7-10H,5-6,11H2,1H3. The van der Waals surface area contributed by atoms with E-state index in [1.165, 1.54) is 11.8 Å². The molecule has 0 bridgehead atoms. The number of amidine groups is 1. The van der Waals surface area contributed by atoms with Crippen molar-refractivity contribution in [3.8, 4) is 0 Å². The Morgan fingerprint density at radius 1 is 1.03 bits per heavy atom. The largest absolute Gasteiger partial charge is 0.416 e. The van der Waals surface area contributed by atoms with Crippen LogP contribution in [0.5, 0.6) is 0 Å². The predicted octanol–water partition coefficient (Wildman–Crippen LogP) is 5.78. The van der Waals surface area contributed by atoms with Crippen molar-refractivity contribution in [3.63, 3.8) is 0 Å². The first-order valence-corrected chi connectivity index (χ1v) is 9.78. The van der Waals surface area contributed by atoms with E-state index in [9.17, 15) is 31.1 Å². The van der Waals surface area contributed by atoms with Crippen LogP contribution in [0.1, 0.15) is 32.6 Å². The molecule has 0 aliphatic carbocycles. The second-order valence-electron chi connectivity index (χ2n) is 6.69. The zero-order valence-electron chi connectivity index (χ0n) is 15.6. The summed E-state index contributed by atoms with van der Waals surface area (Å²) in [5.41, 5.74) is -1.72. The van der Waals surface area contributed by atoms with Gasteiger partial charge < -0.3 is 0 Å². The number of benzene rings is 2. The maximum atomic E-state index is 13.1. The summed E-state index contributed by atoms with van der Waals surface area (Å²) in [6, 6.07) is 8.50. The highest BCUT2D eigenvalue weighted by Crippen LogP contribution is 2.37.